The van der Waals surface area contributed by atoms with Gasteiger partial charge >= 0.3 is 0 Å². The van der Waals surface area contributed by atoms with E-state index in [0.29, 0.717) is 11.3 Å². The van der Waals surface area contributed by atoms with Gasteiger partial charge in [0.1, 0.15) is 11.8 Å². The van der Waals surface area contributed by atoms with Gasteiger partial charge < -0.3 is 9.88 Å². The molecule has 1 fully saturated rings. The minimum atomic E-state index is -0.178. The fraction of sp³-hybridized carbons (Fsp3) is 0.308. The number of nitrogens with zero attached hydrogens (tertiary/aromatic N) is 3. The van der Waals surface area contributed by atoms with Crippen LogP contribution in [0.15, 0.2) is 66.9 Å². The Balaban J connectivity index is 1.42. The van der Waals surface area contributed by atoms with Crippen LogP contribution in [0, 0.1) is 11.3 Å². The van der Waals surface area contributed by atoms with Gasteiger partial charge in [-0.05, 0) is 48.6 Å². The van der Waals surface area contributed by atoms with Crippen LogP contribution in [0.2, 0.25) is 0 Å². The summed E-state index contributed by atoms with van der Waals surface area (Å²) in [5, 5.41) is 12.7. The molecule has 5 nitrogen and oxygen atoms in total. The first-order valence-corrected chi connectivity index (χ1v) is 11.0. The van der Waals surface area contributed by atoms with E-state index in [0.717, 1.165) is 44.6 Å². The van der Waals surface area contributed by atoms with Crippen molar-refractivity contribution in [3.05, 3.63) is 89.2 Å². The molecular formula is C26H28N4O. The Labute approximate surface area is 183 Å². The molecule has 0 atom stereocenters. The van der Waals surface area contributed by atoms with E-state index in [-0.39, 0.29) is 11.9 Å². The standard InChI is InChI=1S/C26H28N4O/c1-2-20-8-10-24(11-9-20)30-17-12-22(18-27)25(30)26(31)28-23-13-15-29(16-14-23)19-21-6-4-3-5-7-21/h3-12,17,23H,2,13-16,19H2,1H3,(H,28,31). The van der Waals surface area contributed by atoms with Crippen molar-refractivity contribution < 1.29 is 4.79 Å². The molecule has 1 saturated heterocycles. The Morgan fingerprint density at radius 1 is 1.03 bits per heavy atom. The zero-order valence-electron chi connectivity index (χ0n) is 17.9. The van der Waals surface area contributed by atoms with Crippen LogP contribution in [-0.2, 0) is 13.0 Å². The fourth-order valence-electron chi connectivity index (χ4n) is 4.19. The molecule has 0 spiro atoms. The molecule has 0 unspecified atom stereocenters. The summed E-state index contributed by atoms with van der Waals surface area (Å²) < 4.78 is 1.82. The van der Waals surface area contributed by atoms with Crippen molar-refractivity contribution in [3.8, 4) is 11.8 Å². The summed E-state index contributed by atoms with van der Waals surface area (Å²) in [5.41, 5.74) is 4.26. The summed E-state index contributed by atoms with van der Waals surface area (Å²) in [6.07, 6.45) is 4.58. The second-order valence-electron chi connectivity index (χ2n) is 8.09. The monoisotopic (exact) mass is 412 g/mol. The van der Waals surface area contributed by atoms with E-state index in [2.05, 4.69) is 59.6 Å². The molecular weight excluding hydrogens is 384 g/mol. The van der Waals surface area contributed by atoms with Crippen LogP contribution in [0.3, 0.4) is 0 Å². The minimum absolute atomic E-state index is 0.122. The highest BCUT2D eigenvalue weighted by molar-refractivity contribution is 5.96. The molecule has 0 bridgehead atoms. The maximum absolute atomic E-state index is 13.1. The molecule has 3 aromatic rings. The molecule has 1 aliphatic rings. The third-order valence-corrected chi connectivity index (χ3v) is 6.02. The van der Waals surface area contributed by atoms with Crippen LogP contribution in [-0.4, -0.2) is 34.5 Å². The highest BCUT2D eigenvalue weighted by Crippen LogP contribution is 2.20. The molecule has 1 N–H and O–H groups in total. The smallest absolute Gasteiger partial charge is 0.269 e. The van der Waals surface area contributed by atoms with Gasteiger partial charge in [0.25, 0.3) is 5.91 Å². The lowest BCUT2D eigenvalue weighted by Gasteiger charge is -2.32. The molecule has 2 aromatic carbocycles. The van der Waals surface area contributed by atoms with E-state index in [1.807, 2.05) is 22.8 Å². The number of aromatic nitrogens is 1. The third-order valence-electron chi connectivity index (χ3n) is 6.02. The number of nitrogens with one attached hydrogen (secondary N) is 1. The number of amides is 1. The summed E-state index contributed by atoms with van der Waals surface area (Å²) in [6.45, 7) is 4.95. The van der Waals surface area contributed by atoms with E-state index < -0.39 is 0 Å². The second kappa shape index (κ2) is 9.63. The predicted molar refractivity (Wildman–Crippen MR) is 122 cm³/mol. The van der Waals surface area contributed by atoms with Crippen molar-refractivity contribution in [1.82, 2.24) is 14.8 Å². The van der Waals surface area contributed by atoms with E-state index in [9.17, 15) is 10.1 Å². The molecule has 1 amide bonds. The Hall–Kier alpha value is -3.36. The van der Waals surface area contributed by atoms with Gasteiger partial charge in [-0.3, -0.25) is 9.69 Å². The van der Waals surface area contributed by atoms with Crippen molar-refractivity contribution in [2.24, 2.45) is 0 Å². The van der Waals surface area contributed by atoms with Gasteiger partial charge in [0.2, 0.25) is 0 Å². The van der Waals surface area contributed by atoms with E-state index in [1.165, 1.54) is 11.1 Å². The van der Waals surface area contributed by atoms with Crippen molar-refractivity contribution >= 4 is 5.91 Å². The Morgan fingerprint density at radius 3 is 2.39 bits per heavy atom. The van der Waals surface area contributed by atoms with Gasteiger partial charge in [0.15, 0.2) is 0 Å². The molecule has 0 radical (unpaired) electrons. The SMILES string of the molecule is CCc1ccc(-n2ccc(C#N)c2C(=O)NC2CCN(Cc3ccccc3)CC2)cc1. The molecule has 1 aliphatic heterocycles. The molecule has 2 heterocycles. The Kier molecular flexibility index (Phi) is 6.49. The summed E-state index contributed by atoms with van der Waals surface area (Å²) in [5.74, 6) is -0.178. The number of rotatable bonds is 6. The Morgan fingerprint density at radius 2 is 1.74 bits per heavy atom. The molecule has 4 rings (SSSR count). The number of carbonyl (C=O) groups is 1. The zero-order valence-corrected chi connectivity index (χ0v) is 17.9. The zero-order chi connectivity index (χ0) is 21.6. The van der Waals surface area contributed by atoms with Gasteiger partial charge in [-0.1, -0.05) is 49.4 Å². The second-order valence-corrected chi connectivity index (χ2v) is 8.09. The number of hydrogen-bond donors (Lipinski definition) is 1. The number of likely N-dealkylation sites (tertiary alicyclic amines) is 1. The average Bonchev–Trinajstić information content (AvgIpc) is 3.25. The Bertz CT molecular complexity index is 1060. The first-order valence-electron chi connectivity index (χ1n) is 11.0. The quantitative estimate of drug-likeness (QED) is 0.656. The van der Waals surface area contributed by atoms with Crippen LogP contribution in [0.25, 0.3) is 5.69 Å². The third kappa shape index (κ3) is 4.87. The summed E-state index contributed by atoms with van der Waals surface area (Å²) in [4.78, 5) is 15.6. The van der Waals surface area contributed by atoms with Crippen LogP contribution in [0.4, 0.5) is 0 Å². The summed E-state index contributed by atoms with van der Waals surface area (Å²) >= 11 is 0. The van der Waals surface area contributed by atoms with Gasteiger partial charge in [-0.25, -0.2) is 0 Å². The molecule has 1 aromatic heterocycles. The lowest BCUT2D eigenvalue weighted by molar-refractivity contribution is 0.0902. The maximum Gasteiger partial charge on any atom is 0.269 e. The predicted octanol–water partition coefficient (Wildman–Crippen LogP) is 4.31. The van der Waals surface area contributed by atoms with Crippen molar-refractivity contribution in [3.63, 3.8) is 0 Å². The van der Waals surface area contributed by atoms with Crippen molar-refractivity contribution in [2.75, 3.05) is 13.1 Å². The average molecular weight is 413 g/mol. The van der Waals surface area contributed by atoms with Crippen LogP contribution >= 0.6 is 0 Å². The van der Waals surface area contributed by atoms with E-state index >= 15 is 0 Å². The molecule has 158 valence electrons. The largest absolute Gasteiger partial charge is 0.348 e. The first kappa shape index (κ1) is 20.9. The molecule has 0 saturated carbocycles. The number of piperidine rings is 1. The maximum atomic E-state index is 13.1. The topological polar surface area (TPSA) is 61.1 Å². The van der Waals surface area contributed by atoms with Gasteiger partial charge in [0.05, 0.1) is 5.56 Å². The van der Waals surface area contributed by atoms with Crippen molar-refractivity contribution in [1.29, 1.82) is 5.26 Å². The molecule has 5 heteroatoms. The van der Waals surface area contributed by atoms with Crippen LogP contribution in [0.1, 0.15) is 46.9 Å². The summed E-state index contributed by atoms with van der Waals surface area (Å²) in [7, 11) is 0. The van der Waals surface area contributed by atoms with E-state index in [1.54, 1.807) is 12.3 Å². The summed E-state index contributed by atoms with van der Waals surface area (Å²) in [6, 6.07) is 22.6. The number of benzene rings is 2. The molecule has 0 aliphatic carbocycles. The van der Waals surface area contributed by atoms with Gasteiger partial charge in [-0.2, -0.15) is 5.26 Å². The number of nitriles is 1. The number of carbonyl (C=O) groups excluding carboxylic acids is 1. The number of aryl methyl sites for hydroxylation is 1. The molecule has 31 heavy (non-hydrogen) atoms. The lowest BCUT2D eigenvalue weighted by atomic mass is 10.0. The van der Waals surface area contributed by atoms with Crippen LogP contribution < -0.4 is 5.32 Å². The highest BCUT2D eigenvalue weighted by Gasteiger charge is 2.24. The normalized spacial score (nSPS) is 14.8. The van der Waals surface area contributed by atoms with Crippen molar-refractivity contribution in [2.45, 2.75) is 38.8 Å². The lowest BCUT2D eigenvalue weighted by Crippen LogP contribution is -2.44. The van der Waals surface area contributed by atoms with E-state index in [4.69, 9.17) is 0 Å². The van der Waals surface area contributed by atoms with Crippen LogP contribution in [0.5, 0.6) is 0 Å². The van der Waals surface area contributed by atoms with Gasteiger partial charge in [-0.15, -0.1) is 0 Å². The van der Waals surface area contributed by atoms with Gasteiger partial charge in [0, 0.05) is 37.6 Å². The number of hydrogen-bond acceptors (Lipinski definition) is 3. The highest BCUT2D eigenvalue weighted by atomic mass is 16.2. The fourth-order valence-corrected chi connectivity index (χ4v) is 4.19. The minimum Gasteiger partial charge on any atom is -0.348 e. The first-order chi connectivity index (χ1) is 15.2.